The Morgan fingerprint density at radius 1 is 0.765 bits per heavy atom. The topological polar surface area (TPSA) is 26.3 Å². The molecule has 90 valence electrons. The monoisotopic (exact) mass is 248 g/mol. The molecule has 0 saturated heterocycles. The Labute approximate surface area is 105 Å². The van der Waals surface area contributed by atoms with Crippen LogP contribution in [0.4, 0.5) is 0 Å². The van der Waals surface area contributed by atoms with E-state index in [1.54, 1.807) is 12.5 Å². The maximum atomic E-state index is 9.56. The van der Waals surface area contributed by atoms with Crippen molar-refractivity contribution in [1.29, 1.82) is 0 Å². The predicted molar refractivity (Wildman–Crippen MR) is 72.9 cm³/mol. The second-order valence-corrected chi connectivity index (χ2v) is 4.95. The van der Waals surface area contributed by atoms with E-state index < -0.39 is 10.8 Å². The molecular formula is C14H16O2S. The molecular weight excluding hydrogens is 232 g/mol. The van der Waals surface area contributed by atoms with Gasteiger partial charge in [-0.1, -0.05) is 36.4 Å². The third-order valence-electron chi connectivity index (χ3n) is 1.72. The normalized spacial score (nSPS) is 9.35. The highest BCUT2D eigenvalue weighted by Crippen LogP contribution is 2.19. The summed E-state index contributed by atoms with van der Waals surface area (Å²) in [5.41, 5.74) is 0. The summed E-state index contributed by atoms with van der Waals surface area (Å²) in [6.07, 6.45) is 3.28. The summed E-state index contributed by atoms with van der Waals surface area (Å²) in [5, 5.41) is 0. The Hall–Kier alpha value is -1.61. The Morgan fingerprint density at radius 2 is 1.06 bits per heavy atom. The van der Waals surface area contributed by atoms with E-state index in [0.29, 0.717) is 0 Å². The average Bonchev–Trinajstić information content (AvgIpc) is 2.31. The summed E-state index contributed by atoms with van der Waals surface area (Å²) in [6, 6.07) is 19.5. The molecule has 0 amide bonds. The van der Waals surface area contributed by atoms with Crippen LogP contribution in [0.25, 0.3) is 0 Å². The number of benzene rings is 2. The maximum absolute atomic E-state index is 9.56. The molecule has 0 aliphatic rings. The SMILES string of the molecule is CS(C)=O.c1ccc(Oc2ccccc2)cc1. The van der Waals surface area contributed by atoms with Crippen LogP contribution in [0.2, 0.25) is 0 Å². The Morgan fingerprint density at radius 3 is 1.35 bits per heavy atom. The van der Waals surface area contributed by atoms with Gasteiger partial charge in [0.05, 0.1) is 0 Å². The molecule has 3 heteroatoms. The van der Waals surface area contributed by atoms with Crippen LogP contribution in [0.3, 0.4) is 0 Å². The first-order chi connectivity index (χ1) is 8.18. The molecule has 0 N–H and O–H groups in total. The number of rotatable bonds is 2. The van der Waals surface area contributed by atoms with Gasteiger partial charge in [-0.2, -0.15) is 0 Å². The van der Waals surface area contributed by atoms with Gasteiger partial charge in [-0.25, -0.2) is 0 Å². The summed E-state index contributed by atoms with van der Waals surface area (Å²) in [5.74, 6) is 1.74. The molecule has 2 aromatic rings. The lowest BCUT2D eigenvalue weighted by atomic mass is 10.3. The Bertz CT molecular complexity index is 399. The van der Waals surface area contributed by atoms with E-state index in [-0.39, 0.29) is 0 Å². The fourth-order valence-electron chi connectivity index (χ4n) is 1.11. The van der Waals surface area contributed by atoms with Gasteiger partial charge in [-0.05, 0) is 24.3 Å². The minimum atomic E-state index is -0.611. The molecule has 0 radical (unpaired) electrons. The first kappa shape index (κ1) is 13.5. The molecule has 2 nitrogen and oxygen atoms in total. The van der Waals surface area contributed by atoms with Gasteiger partial charge in [-0.15, -0.1) is 0 Å². The van der Waals surface area contributed by atoms with Gasteiger partial charge in [0, 0.05) is 23.3 Å². The smallest absolute Gasteiger partial charge is 0.127 e. The standard InChI is InChI=1S/C12H10O.C2H6OS/c1-3-7-11(8-4-1)13-12-9-5-2-6-10-12;1-4(2)3/h1-10H;1-2H3. The third-order valence-corrected chi connectivity index (χ3v) is 1.72. The lowest BCUT2D eigenvalue weighted by Gasteiger charge is -2.03. The molecule has 0 bridgehead atoms. The molecule has 0 unspecified atom stereocenters. The molecule has 0 spiro atoms. The van der Waals surface area contributed by atoms with Crippen LogP contribution in [0.1, 0.15) is 0 Å². The molecule has 0 aliphatic heterocycles. The van der Waals surface area contributed by atoms with Gasteiger partial charge < -0.3 is 4.74 Å². The minimum Gasteiger partial charge on any atom is -0.457 e. The van der Waals surface area contributed by atoms with Crippen LogP contribution in [-0.2, 0) is 10.8 Å². The van der Waals surface area contributed by atoms with Crippen LogP contribution in [0.15, 0.2) is 60.7 Å². The molecule has 2 rings (SSSR count). The van der Waals surface area contributed by atoms with E-state index in [1.165, 1.54) is 0 Å². The average molecular weight is 248 g/mol. The van der Waals surface area contributed by atoms with Gasteiger partial charge >= 0.3 is 0 Å². The number of hydrogen-bond acceptors (Lipinski definition) is 2. The van der Waals surface area contributed by atoms with Crippen LogP contribution in [0, 0.1) is 0 Å². The van der Waals surface area contributed by atoms with E-state index in [9.17, 15) is 4.21 Å². The van der Waals surface area contributed by atoms with Gasteiger partial charge in [0.1, 0.15) is 11.5 Å². The summed E-state index contributed by atoms with van der Waals surface area (Å²) >= 11 is 0. The second kappa shape index (κ2) is 7.63. The lowest BCUT2D eigenvalue weighted by Crippen LogP contribution is -1.81. The summed E-state index contributed by atoms with van der Waals surface area (Å²) in [6.45, 7) is 0. The van der Waals surface area contributed by atoms with Crippen LogP contribution < -0.4 is 4.74 Å². The molecule has 0 fully saturated rings. The highest BCUT2D eigenvalue weighted by molar-refractivity contribution is 7.83. The molecule has 17 heavy (non-hydrogen) atoms. The number of ether oxygens (including phenoxy) is 1. The van der Waals surface area contributed by atoms with Gasteiger partial charge in [0.2, 0.25) is 0 Å². The fraction of sp³-hybridized carbons (Fsp3) is 0.143. The Kier molecular flexibility index (Phi) is 6.04. The summed E-state index contributed by atoms with van der Waals surface area (Å²) < 4.78 is 15.1. The first-order valence-corrected chi connectivity index (χ1v) is 7.18. The fourth-order valence-corrected chi connectivity index (χ4v) is 1.11. The van der Waals surface area contributed by atoms with Crippen molar-refractivity contribution in [3.05, 3.63) is 60.7 Å². The maximum Gasteiger partial charge on any atom is 0.127 e. The number of para-hydroxylation sites is 2. The van der Waals surface area contributed by atoms with Crippen LogP contribution in [0.5, 0.6) is 11.5 Å². The van der Waals surface area contributed by atoms with E-state index in [4.69, 9.17) is 4.74 Å². The third kappa shape index (κ3) is 6.53. The van der Waals surface area contributed by atoms with Gasteiger partial charge in [0.15, 0.2) is 0 Å². The van der Waals surface area contributed by atoms with E-state index in [2.05, 4.69) is 0 Å². The summed E-state index contributed by atoms with van der Waals surface area (Å²) in [7, 11) is -0.611. The minimum absolute atomic E-state index is 0.611. The van der Waals surface area contributed by atoms with Gasteiger partial charge in [0.25, 0.3) is 0 Å². The van der Waals surface area contributed by atoms with Crippen molar-refractivity contribution in [2.75, 3.05) is 12.5 Å². The van der Waals surface area contributed by atoms with Crippen LogP contribution in [-0.4, -0.2) is 16.7 Å². The van der Waals surface area contributed by atoms with Crippen molar-refractivity contribution < 1.29 is 8.95 Å². The highest BCUT2D eigenvalue weighted by atomic mass is 32.2. The zero-order valence-electron chi connectivity index (χ0n) is 10.00. The van der Waals surface area contributed by atoms with E-state index >= 15 is 0 Å². The zero-order chi connectivity index (χ0) is 12.5. The molecule has 0 aromatic heterocycles. The van der Waals surface area contributed by atoms with Crippen molar-refractivity contribution in [2.24, 2.45) is 0 Å². The van der Waals surface area contributed by atoms with Crippen molar-refractivity contribution in [2.45, 2.75) is 0 Å². The second-order valence-electron chi connectivity index (χ2n) is 3.47. The zero-order valence-corrected chi connectivity index (χ0v) is 10.8. The van der Waals surface area contributed by atoms with E-state index in [1.807, 2.05) is 60.7 Å². The van der Waals surface area contributed by atoms with Gasteiger partial charge in [-0.3, -0.25) is 4.21 Å². The molecule has 0 saturated carbocycles. The largest absolute Gasteiger partial charge is 0.457 e. The Balaban J connectivity index is 0.000000317. The van der Waals surface area contributed by atoms with E-state index in [0.717, 1.165) is 11.5 Å². The first-order valence-electron chi connectivity index (χ1n) is 5.21. The van der Waals surface area contributed by atoms with Crippen molar-refractivity contribution in [1.82, 2.24) is 0 Å². The lowest BCUT2D eigenvalue weighted by molar-refractivity contribution is 0.482. The molecule has 0 atom stereocenters. The molecule has 0 aliphatic carbocycles. The van der Waals surface area contributed by atoms with Crippen molar-refractivity contribution in [3.8, 4) is 11.5 Å². The van der Waals surface area contributed by atoms with Crippen molar-refractivity contribution >= 4 is 10.8 Å². The molecule has 2 aromatic carbocycles. The quantitative estimate of drug-likeness (QED) is 0.813. The molecule has 0 heterocycles. The van der Waals surface area contributed by atoms with Crippen LogP contribution >= 0.6 is 0 Å². The summed E-state index contributed by atoms with van der Waals surface area (Å²) in [4.78, 5) is 0. The highest BCUT2D eigenvalue weighted by Gasteiger charge is 1.92. The predicted octanol–water partition coefficient (Wildman–Crippen LogP) is 3.47. The number of hydrogen-bond donors (Lipinski definition) is 0. The van der Waals surface area contributed by atoms with Crippen molar-refractivity contribution in [3.63, 3.8) is 0 Å².